The van der Waals surface area contributed by atoms with Crippen molar-refractivity contribution in [2.45, 2.75) is 11.5 Å². The van der Waals surface area contributed by atoms with Crippen LogP contribution in [0.3, 0.4) is 0 Å². The molecule has 29 heavy (non-hydrogen) atoms. The van der Waals surface area contributed by atoms with Crippen LogP contribution in [0.25, 0.3) is 0 Å². The van der Waals surface area contributed by atoms with Crippen molar-refractivity contribution in [3.8, 4) is 5.75 Å². The molecule has 1 heterocycles. The Morgan fingerprint density at radius 1 is 1.10 bits per heavy atom. The SMILES string of the molecule is O=C1CSc2ccc(C(=O)Nc3cccc(OCc4cccc(F)c4)c3)cc2N1. The summed E-state index contributed by atoms with van der Waals surface area (Å²) in [5.74, 6) is 0.247. The van der Waals surface area contributed by atoms with Crippen molar-refractivity contribution in [1.82, 2.24) is 0 Å². The van der Waals surface area contributed by atoms with Crippen LogP contribution in [-0.2, 0) is 11.4 Å². The summed E-state index contributed by atoms with van der Waals surface area (Å²) in [4.78, 5) is 25.1. The van der Waals surface area contributed by atoms with Crippen molar-refractivity contribution in [2.75, 3.05) is 16.4 Å². The minimum atomic E-state index is -0.313. The number of hydrogen-bond donors (Lipinski definition) is 2. The third-order valence-electron chi connectivity index (χ3n) is 4.26. The Kier molecular flexibility index (Phi) is 5.48. The van der Waals surface area contributed by atoms with E-state index in [1.54, 1.807) is 48.5 Å². The quantitative estimate of drug-likeness (QED) is 0.642. The lowest BCUT2D eigenvalue weighted by atomic mass is 10.1. The summed E-state index contributed by atoms with van der Waals surface area (Å²) in [6.07, 6.45) is 0. The van der Waals surface area contributed by atoms with Crippen molar-refractivity contribution >= 4 is 35.0 Å². The number of hydrogen-bond acceptors (Lipinski definition) is 4. The van der Waals surface area contributed by atoms with E-state index in [2.05, 4.69) is 10.6 Å². The van der Waals surface area contributed by atoms with E-state index in [0.717, 1.165) is 4.90 Å². The summed E-state index contributed by atoms with van der Waals surface area (Å²) >= 11 is 1.44. The monoisotopic (exact) mass is 408 g/mol. The second-order valence-corrected chi connectivity index (χ2v) is 7.47. The van der Waals surface area contributed by atoms with Crippen LogP contribution in [-0.4, -0.2) is 17.6 Å². The molecule has 0 fully saturated rings. The first-order valence-corrected chi connectivity index (χ1v) is 9.91. The maximum atomic E-state index is 13.3. The molecule has 0 aromatic heterocycles. The van der Waals surface area contributed by atoms with Crippen LogP contribution in [0.1, 0.15) is 15.9 Å². The zero-order chi connectivity index (χ0) is 20.2. The predicted octanol–water partition coefficient (Wildman–Crippen LogP) is 4.70. The number of carbonyl (C=O) groups excluding carboxylic acids is 2. The fourth-order valence-corrected chi connectivity index (χ4v) is 3.67. The maximum Gasteiger partial charge on any atom is 0.255 e. The topological polar surface area (TPSA) is 67.4 Å². The molecule has 0 spiro atoms. The van der Waals surface area contributed by atoms with E-state index < -0.39 is 0 Å². The Bertz CT molecular complexity index is 1090. The van der Waals surface area contributed by atoms with Crippen molar-refractivity contribution < 1.29 is 18.7 Å². The third kappa shape index (κ3) is 4.75. The van der Waals surface area contributed by atoms with Gasteiger partial charge in [0.25, 0.3) is 5.91 Å². The van der Waals surface area contributed by atoms with E-state index in [4.69, 9.17) is 4.74 Å². The fraction of sp³-hybridized carbons (Fsp3) is 0.0909. The lowest BCUT2D eigenvalue weighted by Gasteiger charge is -2.17. The summed E-state index contributed by atoms with van der Waals surface area (Å²) in [5.41, 5.74) is 2.37. The Morgan fingerprint density at radius 2 is 1.97 bits per heavy atom. The number of fused-ring (bicyclic) bond motifs is 1. The van der Waals surface area contributed by atoms with Gasteiger partial charge in [-0.2, -0.15) is 0 Å². The van der Waals surface area contributed by atoms with Gasteiger partial charge in [0, 0.05) is 22.2 Å². The highest BCUT2D eigenvalue weighted by atomic mass is 32.2. The van der Waals surface area contributed by atoms with E-state index in [1.807, 2.05) is 6.07 Å². The molecule has 0 atom stereocenters. The maximum absolute atomic E-state index is 13.3. The zero-order valence-corrected chi connectivity index (χ0v) is 16.1. The highest BCUT2D eigenvalue weighted by molar-refractivity contribution is 8.00. The zero-order valence-electron chi connectivity index (χ0n) is 15.3. The van der Waals surface area contributed by atoms with Crippen LogP contribution in [0.15, 0.2) is 71.6 Å². The summed E-state index contributed by atoms with van der Waals surface area (Å²) in [6.45, 7) is 0.220. The molecule has 5 nitrogen and oxygen atoms in total. The van der Waals surface area contributed by atoms with Crippen LogP contribution >= 0.6 is 11.8 Å². The summed E-state index contributed by atoms with van der Waals surface area (Å²) in [5, 5.41) is 5.60. The van der Waals surface area contributed by atoms with Gasteiger partial charge in [0.05, 0.1) is 11.4 Å². The first-order valence-electron chi connectivity index (χ1n) is 8.92. The highest BCUT2D eigenvalue weighted by Crippen LogP contribution is 2.32. The lowest BCUT2D eigenvalue weighted by Crippen LogP contribution is -2.19. The number of halogens is 1. The van der Waals surface area contributed by atoms with Crippen LogP contribution in [0.2, 0.25) is 0 Å². The van der Waals surface area contributed by atoms with Crippen LogP contribution in [0, 0.1) is 5.82 Å². The second-order valence-electron chi connectivity index (χ2n) is 6.45. The molecular weight excluding hydrogens is 391 g/mol. The Hall–Kier alpha value is -3.32. The molecule has 3 aromatic carbocycles. The van der Waals surface area contributed by atoms with Crippen molar-refractivity contribution in [3.63, 3.8) is 0 Å². The first kappa shape index (κ1) is 19.0. The average Bonchev–Trinajstić information content (AvgIpc) is 2.72. The molecule has 7 heteroatoms. The molecule has 1 aliphatic rings. The van der Waals surface area contributed by atoms with Gasteiger partial charge in [0.1, 0.15) is 18.2 Å². The van der Waals surface area contributed by atoms with E-state index in [9.17, 15) is 14.0 Å². The standard InChI is InChI=1S/C22H17FN2O3S/c23-16-4-1-3-14(9-16)12-28-18-6-2-5-17(11-18)24-22(27)15-7-8-20-19(10-15)25-21(26)13-29-20/h1-11H,12-13H2,(H,24,27)(H,25,26). The molecule has 146 valence electrons. The minimum Gasteiger partial charge on any atom is -0.489 e. The molecular formula is C22H17FN2O3S. The first-order chi connectivity index (χ1) is 14.1. The smallest absolute Gasteiger partial charge is 0.255 e. The third-order valence-corrected chi connectivity index (χ3v) is 5.33. The van der Waals surface area contributed by atoms with Crippen LogP contribution < -0.4 is 15.4 Å². The van der Waals surface area contributed by atoms with Gasteiger partial charge in [0.15, 0.2) is 0 Å². The molecule has 0 bridgehead atoms. The number of anilines is 2. The largest absolute Gasteiger partial charge is 0.489 e. The summed E-state index contributed by atoms with van der Waals surface area (Å²) in [7, 11) is 0. The highest BCUT2D eigenvalue weighted by Gasteiger charge is 2.17. The number of ether oxygens (including phenoxy) is 1. The van der Waals surface area contributed by atoms with Gasteiger partial charge in [-0.3, -0.25) is 9.59 Å². The molecule has 0 saturated carbocycles. The molecule has 0 unspecified atom stereocenters. The predicted molar refractivity (Wildman–Crippen MR) is 111 cm³/mol. The molecule has 2 N–H and O–H groups in total. The van der Waals surface area contributed by atoms with Gasteiger partial charge >= 0.3 is 0 Å². The average molecular weight is 408 g/mol. The molecule has 0 saturated heterocycles. The number of nitrogens with one attached hydrogen (secondary N) is 2. The Labute approximate surface area is 171 Å². The van der Waals surface area contributed by atoms with Gasteiger partial charge < -0.3 is 15.4 Å². The lowest BCUT2D eigenvalue weighted by molar-refractivity contribution is -0.113. The summed E-state index contributed by atoms with van der Waals surface area (Å²) in [6, 6.07) is 18.4. The molecule has 0 aliphatic carbocycles. The van der Waals surface area contributed by atoms with Gasteiger partial charge in [-0.1, -0.05) is 18.2 Å². The summed E-state index contributed by atoms with van der Waals surface area (Å²) < 4.78 is 19.0. The number of carbonyl (C=O) groups is 2. The molecule has 1 aliphatic heterocycles. The van der Waals surface area contributed by atoms with E-state index in [-0.39, 0.29) is 24.2 Å². The molecule has 2 amide bonds. The van der Waals surface area contributed by atoms with Gasteiger partial charge in [-0.05, 0) is 48.0 Å². The van der Waals surface area contributed by atoms with Crippen molar-refractivity contribution in [3.05, 3.63) is 83.7 Å². The van der Waals surface area contributed by atoms with Crippen molar-refractivity contribution in [2.24, 2.45) is 0 Å². The number of benzene rings is 3. The Morgan fingerprint density at radius 3 is 2.83 bits per heavy atom. The molecule has 4 rings (SSSR count). The van der Waals surface area contributed by atoms with E-state index in [0.29, 0.717) is 34.0 Å². The molecule has 3 aromatic rings. The van der Waals surface area contributed by atoms with Gasteiger partial charge in [-0.25, -0.2) is 4.39 Å². The second kappa shape index (κ2) is 8.36. The van der Waals surface area contributed by atoms with Gasteiger partial charge in [-0.15, -0.1) is 11.8 Å². The fourth-order valence-electron chi connectivity index (χ4n) is 2.88. The van der Waals surface area contributed by atoms with Crippen LogP contribution in [0.5, 0.6) is 5.75 Å². The van der Waals surface area contributed by atoms with E-state index in [1.165, 1.54) is 23.9 Å². The van der Waals surface area contributed by atoms with E-state index >= 15 is 0 Å². The van der Waals surface area contributed by atoms with Crippen LogP contribution in [0.4, 0.5) is 15.8 Å². The molecule has 0 radical (unpaired) electrons. The minimum absolute atomic E-state index is 0.0804. The van der Waals surface area contributed by atoms with Gasteiger partial charge in [0.2, 0.25) is 5.91 Å². The number of thioether (sulfide) groups is 1. The Balaban J connectivity index is 1.43. The van der Waals surface area contributed by atoms with Crippen molar-refractivity contribution in [1.29, 1.82) is 0 Å². The normalized spacial score (nSPS) is 12.7. The number of amides is 2. The number of rotatable bonds is 5.